The predicted molar refractivity (Wildman–Crippen MR) is 176 cm³/mol. The van der Waals surface area contributed by atoms with E-state index in [1.807, 2.05) is 70.2 Å². The first-order chi connectivity index (χ1) is 20.8. The standard InChI is InChI=1S/C33H46ClN5O5/c1-22(38-41)32(3,4)36-17-14-24(15-18-37-33(5,6)23(2)39-42)13-16-35-31(40)21-43-28-10-7-25(8-11-28)30-20-26-19-27(34)9-12-29(26)44-30/h7-12,19-20,24,36-37,41-42H,13-18,21H2,1-6H3,(H,35,40)/b38-22+,39-23+. The molecular weight excluding hydrogens is 582 g/mol. The number of carbonyl (C=O) groups excluding carboxylic acids is 1. The number of nitrogens with one attached hydrogen (secondary N) is 3. The van der Waals surface area contributed by atoms with Crippen molar-refractivity contribution in [3.05, 3.63) is 53.6 Å². The van der Waals surface area contributed by atoms with Crippen LogP contribution in [0.15, 0.2) is 63.3 Å². The smallest absolute Gasteiger partial charge is 0.257 e. The van der Waals surface area contributed by atoms with Crippen molar-refractivity contribution in [3.8, 4) is 17.1 Å². The fraction of sp³-hybridized carbons (Fsp3) is 0.485. The molecule has 5 N–H and O–H groups in total. The molecule has 240 valence electrons. The zero-order valence-electron chi connectivity index (χ0n) is 26.5. The molecule has 0 spiro atoms. The molecule has 0 unspecified atom stereocenters. The van der Waals surface area contributed by atoms with Crippen LogP contribution < -0.4 is 20.7 Å². The zero-order chi connectivity index (χ0) is 32.3. The highest BCUT2D eigenvalue weighted by Gasteiger charge is 2.24. The van der Waals surface area contributed by atoms with Gasteiger partial charge in [-0.2, -0.15) is 0 Å². The van der Waals surface area contributed by atoms with Gasteiger partial charge in [0.15, 0.2) is 6.61 Å². The van der Waals surface area contributed by atoms with E-state index in [-0.39, 0.29) is 12.5 Å². The van der Waals surface area contributed by atoms with Gasteiger partial charge in [-0.3, -0.25) is 4.79 Å². The largest absolute Gasteiger partial charge is 0.484 e. The molecule has 1 aromatic heterocycles. The van der Waals surface area contributed by atoms with Gasteiger partial charge in [-0.15, -0.1) is 0 Å². The van der Waals surface area contributed by atoms with Crippen LogP contribution >= 0.6 is 11.6 Å². The van der Waals surface area contributed by atoms with Gasteiger partial charge in [0, 0.05) is 22.5 Å². The number of benzene rings is 2. The van der Waals surface area contributed by atoms with Crippen LogP contribution in [0.5, 0.6) is 5.75 Å². The van der Waals surface area contributed by atoms with Gasteiger partial charge in [-0.1, -0.05) is 21.9 Å². The highest BCUT2D eigenvalue weighted by molar-refractivity contribution is 6.31. The summed E-state index contributed by atoms with van der Waals surface area (Å²) in [5.41, 5.74) is 2.02. The number of carbonyl (C=O) groups is 1. The summed E-state index contributed by atoms with van der Waals surface area (Å²) >= 11 is 6.08. The van der Waals surface area contributed by atoms with Crippen LogP contribution in [0.2, 0.25) is 5.02 Å². The summed E-state index contributed by atoms with van der Waals surface area (Å²) in [4.78, 5) is 12.6. The summed E-state index contributed by atoms with van der Waals surface area (Å²) in [6.07, 6.45) is 2.52. The van der Waals surface area contributed by atoms with Crippen LogP contribution in [0.1, 0.15) is 60.8 Å². The van der Waals surface area contributed by atoms with Crippen LogP contribution in [0.25, 0.3) is 22.3 Å². The Labute approximate surface area is 264 Å². The first-order valence-electron chi connectivity index (χ1n) is 14.9. The van der Waals surface area contributed by atoms with Crippen molar-refractivity contribution in [1.29, 1.82) is 0 Å². The summed E-state index contributed by atoms with van der Waals surface area (Å²) in [6.45, 7) is 13.3. The number of rotatable bonds is 17. The average Bonchev–Trinajstić information content (AvgIpc) is 3.42. The number of ether oxygens (including phenoxy) is 1. The average molecular weight is 628 g/mol. The lowest BCUT2D eigenvalue weighted by Crippen LogP contribution is -2.47. The molecule has 0 fully saturated rings. The van der Waals surface area contributed by atoms with Gasteiger partial charge in [-0.05, 0) is 128 Å². The van der Waals surface area contributed by atoms with Crippen LogP contribution in [0, 0.1) is 5.92 Å². The van der Waals surface area contributed by atoms with Gasteiger partial charge in [0.05, 0.1) is 22.5 Å². The molecule has 0 aliphatic heterocycles. The van der Waals surface area contributed by atoms with Crippen molar-refractivity contribution in [3.63, 3.8) is 0 Å². The zero-order valence-corrected chi connectivity index (χ0v) is 27.3. The molecule has 3 aromatic rings. The topological polar surface area (TPSA) is 141 Å². The summed E-state index contributed by atoms with van der Waals surface area (Å²) in [7, 11) is 0. The minimum atomic E-state index is -0.432. The maximum atomic E-state index is 12.6. The summed E-state index contributed by atoms with van der Waals surface area (Å²) in [5.74, 6) is 1.44. The molecule has 1 heterocycles. The molecule has 0 aliphatic carbocycles. The fourth-order valence-corrected chi connectivity index (χ4v) is 4.78. The lowest BCUT2D eigenvalue weighted by atomic mass is 9.94. The monoisotopic (exact) mass is 627 g/mol. The molecule has 0 saturated heterocycles. The highest BCUT2D eigenvalue weighted by atomic mass is 35.5. The first-order valence-corrected chi connectivity index (χ1v) is 15.3. The van der Waals surface area contributed by atoms with Crippen LogP contribution in [0.3, 0.4) is 0 Å². The van der Waals surface area contributed by atoms with E-state index in [1.165, 1.54) is 0 Å². The van der Waals surface area contributed by atoms with E-state index in [4.69, 9.17) is 31.2 Å². The minimum absolute atomic E-state index is 0.0851. The van der Waals surface area contributed by atoms with E-state index < -0.39 is 11.1 Å². The molecular formula is C33H46ClN5O5. The molecule has 2 aromatic carbocycles. The van der Waals surface area contributed by atoms with Gasteiger partial charge >= 0.3 is 0 Å². The van der Waals surface area contributed by atoms with Crippen LogP contribution in [0.4, 0.5) is 0 Å². The Morgan fingerprint density at radius 3 is 2.02 bits per heavy atom. The maximum absolute atomic E-state index is 12.6. The Morgan fingerprint density at radius 1 is 0.886 bits per heavy atom. The predicted octanol–water partition coefficient (Wildman–Crippen LogP) is 6.47. The molecule has 0 radical (unpaired) electrons. The van der Waals surface area contributed by atoms with Gasteiger partial charge in [0.1, 0.15) is 17.1 Å². The molecule has 1 amide bonds. The number of halogens is 1. The highest BCUT2D eigenvalue weighted by Crippen LogP contribution is 2.30. The number of nitrogens with zero attached hydrogens (tertiary/aromatic N) is 2. The van der Waals surface area contributed by atoms with Crippen molar-refractivity contribution >= 4 is 39.9 Å². The number of furan rings is 1. The third-order valence-corrected chi connectivity index (χ3v) is 8.45. The summed E-state index contributed by atoms with van der Waals surface area (Å²) in [5, 5.41) is 36.5. The van der Waals surface area contributed by atoms with E-state index in [0.29, 0.717) is 34.7 Å². The van der Waals surface area contributed by atoms with E-state index in [0.717, 1.165) is 54.6 Å². The SMILES string of the molecule is C/C(=N\O)C(C)(C)NCCC(CCNC(=O)COc1ccc(-c2cc3cc(Cl)ccc3o2)cc1)CCNC(C)(C)/C(C)=N/O. The first kappa shape index (κ1) is 34.9. The Balaban J connectivity index is 1.48. The Morgan fingerprint density at radius 2 is 1.45 bits per heavy atom. The third kappa shape index (κ3) is 10.2. The molecule has 0 bridgehead atoms. The second-order valence-electron chi connectivity index (χ2n) is 12.2. The van der Waals surface area contributed by atoms with Crippen molar-refractivity contribution in [2.24, 2.45) is 16.2 Å². The van der Waals surface area contributed by atoms with Crippen molar-refractivity contribution < 1.29 is 24.4 Å². The molecule has 0 atom stereocenters. The lowest BCUT2D eigenvalue weighted by molar-refractivity contribution is -0.123. The molecule has 44 heavy (non-hydrogen) atoms. The van der Waals surface area contributed by atoms with Crippen LogP contribution in [-0.2, 0) is 4.79 Å². The quantitative estimate of drug-likeness (QED) is 0.0656. The fourth-order valence-electron chi connectivity index (χ4n) is 4.60. The minimum Gasteiger partial charge on any atom is -0.484 e. The van der Waals surface area contributed by atoms with Gasteiger partial charge in [-0.25, -0.2) is 0 Å². The third-order valence-electron chi connectivity index (χ3n) is 8.21. The van der Waals surface area contributed by atoms with Crippen molar-refractivity contribution in [2.45, 2.75) is 71.9 Å². The Kier molecular flexibility index (Phi) is 12.6. The Hall–Kier alpha value is -3.60. The van der Waals surface area contributed by atoms with E-state index >= 15 is 0 Å². The van der Waals surface area contributed by atoms with Crippen molar-refractivity contribution in [1.82, 2.24) is 16.0 Å². The van der Waals surface area contributed by atoms with Crippen molar-refractivity contribution in [2.75, 3.05) is 26.2 Å². The molecule has 3 rings (SSSR count). The van der Waals surface area contributed by atoms with Gasteiger partial charge in [0.25, 0.3) is 5.91 Å². The van der Waals surface area contributed by atoms with E-state index in [2.05, 4.69) is 26.3 Å². The van der Waals surface area contributed by atoms with E-state index in [9.17, 15) is 4.79 Å². The number of hydrogen-bond acceptors (Lipinski definition) is 9. The summed E-state index contributed by atoms with van der Waals surface area (Å²) in [6, 6.07) is 14.9. The molecule has 0 saturated carbocycles. The molecule has 0 aliphatic rings. The summed E-state index contributed by atoms with van der Waals surface area (Å²) < 4.78 is 11.6. The second kappa shape index (κ2) is 15.9. The van der Waals surface area contributed by atoms with E-state index in [1.54, 1.807) is 19.9 Å². The maximum Gasteiger partial charge on any atom is 0.257 e. The number of hydrogen-bond donors (Lipinski definition) is 5. The number of oxime groups is 2. The number of fused-ring (bicyclic) bond motifs is 1. The molecule has 10 nitrogen and oxygen atoms in total. The Bertz CT molecular complexity index is 1400. The second-order valence-corrected chi connectivity index (χ2v) is 12.6. The lowest BCUT2D eigenvalue weighted by Gasteiger charge is -2.28. The van der Waals surface area contributed by atoms with Crippen LogP contribution in [-0.4, -0.2) is 65.1 Å². The van der Waals surface area contributed by atoms with Gasteiger partial charge in [0.2, 0.25) is 0 Å². The van der Waals surface area contributed by atoms with Gasteiger partial charge < -0.3 is 35.5 Å². The number of amides is 1. The molecule has 11 heteroatoms. The normalized spacial score (nSPS) is 13.7.